The highest BCUT2D eigenvalue weighted by atomic mass is 35.5. The number of amides is 2. The molecule has 0 bridgehead atoms. The lowest BCUT2D eigenvalue weighted by Crippen LogP contribution is -2.39. The molecule has 20 heavy (non-hydrogen) atoms. The summed E-state index contributed by atoms with van der Waals surface area (Å²) in [6, 6.07) is 0.873. The molecule has 2 amide bonds. The molecule has 0 unspecified atom stereocenters. The lowest BCUT2D eigenvalue weighted by molar-refractivity contribution is -0.137. The van der Waals surface area contributed by atoms with Gasteiger partial charge in [-0.1, -0.05) is 11.6 Å². The van der Waals surface area contributed by atoms with Crippen molar-refractivity contribution in [1.82, 2.24) is 5.32 Å². The highest BCUT2D eigenvalue weighted by Gasteiger charge is 2.31. The van der Waals surface area contributed by atoms with E-state index < -0.39 is 17.8 Å². The Morgan fingerprint density at radius 3 is 2.45 bits per heavy atom. The van der Waals surface area contributed by atoms with Gasteiger partial charge in [0.15, 0.2) is 5.96 Å². The van der Waals surface area contributed by atoms with Gasteiger partial charge < -0.3 is 11.1 Å². The molecular weight excluding hydrogens is 297 g/mol. The number of guanidine groups is 1. The molecule has 0 radical (unpaired) electrons. The van der Waals surface area contributed by atoms with Crippen molar-refractivity contribution in [3.05, 3.63) is 28.3 Å². The number of carbonyl (C=O) groups is 1. The summed E-state index contributed by atoms with van der Waals surface area (Å²) in [5, 5.41) is 4.26. The van der Waals surface area contributed by atoms with E-state index in [1.165, 1.54) is 14.0 Å². The van der Waals surface area contributed by atoms with Crippen molar-refractivity contribution >= 4 is 29.3 Å². The molecule has 0 aliphatic rings. The molecule has 1 rings (SSSR count). The summed E-state index contributed by atoms with van der Waals surface area (Å²) >= 11 is 5.75. The van der Waals surface area contributed by atoms with Crippen LogP contribution >= 0.6 is 11.6 Å². The maximum absolute atomic E-state index is 12.6. The predicted molar refractivity (Wildman–Crippen MR) is 70.9 cm³/mol. The maximum Gasteiger partial charge on any atom is 0.416 e. The van der Waals surface area contributed by atoms with Crippen molar-refractivity contribution in [3.63, 3.8) is 0 Å². The third-order valence-electron chi connectivity index (χ3n) is 2.34. The van der Waals surface area contributed by atoms with Crippen molar-refractivity contribution in [2.75, 3.05) is 12.4 Å². The van der Waals surface area contributed by atoms with Crippen LogP contribution in [0.4, 0.5) is 23.7 Å². The second-order valence-corrected chi connectivity index (χ2v) is 4.24. The van der Waals surface area contributed by atoms with Gasteiger partial charge in [-0.2, -0.15) is 13.2 Å². The molecule has 0 aliphatic heterocycles. The van der Waals surface area contributed by atoms with E-state index in [-0.39, 0.29) is 22.2 Å². The number of nitrogens with one attached hydrogen (secondary N) is 2. The Kier molecular flexibility index (Phi) is 4.83. The molecule has 1 aromatic carbocycles. The quantitative estimate of drug-likeness (QED) is 0.551. The van der Waals surface area contributed by atoms with Crippen LogP contribution in [0.25, 0.3) is 0 Å². The van der Waals surface area contributed by atoms with Gasteiger partial charge >= 0.3 is 12.2 Å². The second kappa shape index (κ2) is 6.00. The van der Waals surface area contributed by atoms with Crippen LogP contribution < -0.4 is 16.4 Å². The van der Waals surface area contributed by atoms with Crippen LogP contribution in [0, 0.1) is 6.92 Å². The monoisotopic (exact) mass is 308 g/mol. The van der Waals surface area contributed by atoms with Crippen molar-refractivity contribution < 1.29 is 18.0 Å². The van der Waals surface area contributed by atoms with Gasteiger partial charge in [0, 0.05) is 7.05 Å². The number of aryl methyl sites for hydroxylation is 1. The minimum atomic E-state index is -4.51. The summed E-state index contributed by atoms with van der Waals surface area (Å²) < 4.78 is 37.7. The van der Waals surface area contributed by atoms with Gasteiger partial charge in [0.05, 0.1) is 16.3 Å². The fourth-order valence-corrected chi connectivity index (χ4v) is 1.70. The first-order valence-corrected chi connectivity index (χ1v) is 5.70. The Balaban J connectivity index is 3.01. The van der Waals surface area contributed by atoms with E-state index in [2.05, 4.69) is 15.6 Å². The third kappa shape index (κ3) is 4.02. The number of carbonyl (C=O) groups excluding carboxylic acids is 1. The normalized spacial score (nSPS) is 12.2. The van der Waals surface area contributed by atoms with Crippen molar-refractivity contribution in [2.45, 2.75) is 13.1 Å². The summed E-state index contributed by atoms with van der Waals surface area (Å²) in [7, 11) is 1.37. The molecule has 0 saturated heterocycles. The summed E-state index contributed by atoms with van der Waals surface area (Å²) in [4.78, 5) is 15.0. The predicted octanol–water partition coefficient (Wildman–Crippen LogP) is 2.73. The number of halogens is 4. The number of nitrogens with two attached hydrogens (primary N) is 1. The van der Waals surface area contributed by atoms with Gasteiger partial charge in [0.25, 0.3) is 0 Å². The minimum absolute atomic E-state index is 0.0704. The van der Waals surface area contributed by atoms with Crippen LogP contribution in [0.1, 0.15) is 11.1 Å². The van der Waals surface area contributed by atoms with Gasteiger partial charge in [-0.3, -0.25) is 10.3 Å². The number of hydrogen-bond acceptors (Lipinski definition) is 2. The number of benzene rings is 1. The molecule has 0 saturated carbocycles. The van der Waals surface area contributed by atoms with Gasteiger partial charge in [-0.05, 0) is 24.6 Å². The van der Waals surface area contributed by atoms with Crippen LogP contribution in [-0.2, 0) is 6.18 Å². The number of anilines is 1. The third-order valence-corrected chi connectivity index (χ3v) is 2.63. The fraction of sp³-hybridized carbons (Fsp3) is 0.273. The zero-order valence-corrected chi connectivity index (χ0v) is 11.4. The lowest BCUT2D eigenvalue weighted by atomic mass is 10.1. The van der Waals surface area contributed by atoms with E-state index in [1.54, 1.807) is 0 Å². The highest BCUT2D eigenvalue weighted by Crippen LogP contribution is 2.35. The fourth-order valence-electron chi connectivity index (χ4n) is 1.38. The van der Waals surface area contributed by atoms with Crippen LogP contribution in [0.15, 0.2) is 17.1 Å². The number of alkyl halides is 3. The Bertz CT molecular complexity index is 534. The molecule has 0 heterocycles. The molecule has 0 aromatic heterocycles. The Labute approximate surface area is 118 Å². The van der Waals surface area contributed by atoms with Crippen LogP contribution in [0.3, 0.4) is 0 Å². The standard InChI is InChI=1S/C11H12ClF3N4O/c1-5-3-6(11(13,14)15)4-7(12)8(5)18-10(20)19-9(16)17-2/h3-4H,1-2H3,(H4,16,17,18,19,20). The molecule has 4 N–H and O–H groups in total. The molecule has 0 spiro atoms. The maximum atomic E-state index is 12.6. The Morgan fingerprint density at radius 1 is 1.40 bits per heavy atom. The molecule has 0 aliphatic carbocycles. The van der Waals surface area contributed by atoms with Crippen LogP contribution in [0.2, 0.25) is 5.02 Å². The van der Waals surface area contributed by atoms with Gasteiger partial charge in [0.2, 0.25) is 0 Å². The highest BCUT2D eigenvalue weighted by molar-refractivity contribution is 6.34. The molecule has 5 nitrogen and oxygen atoms in total. The van der Waals surface area contributed by atoms with Crippen molar-refractivity contribution in [3.8, 4) is 0 Å². The molecular formula is C11H12ClF3N4O. The van der Waals surface area contributed by atoms with Gasteiger partial charge in [-0.15, -0.1) is 0 Å². The first-order valence-electron chi connectivity index (χ1n) is 5.32. The Hall–Kier alpha value is -1.96. The summed E-state index contributed by atoms with van der Waals surface area (Å²) in [6.45, 7) is 1.40. The number of hydrogen-bond donors (Lipinski definition) is 3. The van der Waals surface area contributed by atoms with Gasteiger partial charge in [-0.25, -0.2) is 4.79 Å². The zero-order chi connectivity index (χ0) is 15.5. The number of urea groups is 1. The molecule has 0 atom stereocenters. The lowest BCUT2D eigenvalue weighted by Gasteiger charge is -2.14. The van der Waals surface area contributed by atoms with Crippen molar-refractivity contribution in [2.24, 2.45) is 10.7 Å². The summed E-state index contributed by atoms with van der Waals surface area (Å²) in [5.74, 6) is -0.136. The van der Waals surface area contributed by atoms with E-state index in [4.69, 9.17) is 17.3 Å². The zero-order valence-electron chi connectivity index (χ0n) is 10.6. The first kappa shape index (κ1) is 16.1. The number of rotatable bonds is 1. The summed E-state index contributed by atoms with van der Waals surface area (Å²) in [5.41, 5.74) is 4.64. The van der Waals surface area contributed by atoms with E-state index >= 15 is 0 Å². The van der Waals surface area contributed by atoms with E-state index in [9.17, 15) is 18.0 Å². The average molecular weight is 309 g/mol. The largest absolute Gasteiger partial charge is 0.416 e. The first-order chi connectivity index (χ1) is 9.15. The second-order valence-electron chi connectivity index (χ2n) is 3.84. The SMILES string of the molecule is CN=C(N)NC(=O)Nc1c(C)cc(C(F)(F)F)cc1Cl. The van der Waals surface area contributed by atoms with Crippen LogP contribution in [-0.4, -0.2) is 19.0 Å². The minimum Gasteiger partial charge on any atom is -0.370 e. The van der Waals surface area contributed by atoms with E-state index in [1.807, 2.05) is 0 Å². The smallest absolute Gasteiger partial charge is 0.370 e. The topological polar surface area (TPSA) is 79.5 Å². The molecule has 1 aromatic rings. The molecule has 110 valence electrons. The van der Waals surface area contributed by atoms with E-state index in [0.29, 0.717) is 0 Å². The Morgan fingerprint density at radius 2 is 2.00 bits per heavy atom. The number of aliphatic imine (C=N–C) groups is 1. The molecule has 9 heteroatoms. The van der Waals surface area contributed by atoms with E-state index in [0.717, 1.165) is 12.1 Å². The number of nitrogens with zero attached hydrogens (tertiary/aromatic N) is 1. The average Bonchev–Trinajstić information content (AvgIpc) is 2.32. The molecule has 0 fully saturated rings. The van der Waals surface area contributed by atoms with Crippen molar-refractivity contribution in [1.29, 1.82) is 0 Å². The van der Waals surface area contributed by atoms with Crippen LogP contribution in [0.5, 0.6) is 0 Å². The van der Waals surface area contributed by atoms with Gasteiger partial charge in [0.1, 0.15) is 0 Å². The summed E-state index contributed by atoms with van der Waals surface area (Å²) in [6.07, 6.45) is -4.51.